The molecule has 0 spiro atoms. The topological polar surface area (TPSA) is 124 Å². The maximum atomic E-state index is 12.5. The lowest BCUT2D eigenvalue weighted by molar-refractivity contribution is -0.0671. The van der Waals surface area contributed by atoms with Crippen LogP contribution < -0.4 is 15.8 Å². The van der Waals surface area contributed by atoms with E-state index < -0.39 is 21.1 Å². The molecular weight excluding hydrogens is 360 g/mol. The zero-order chi connectivity index (χ0) is 18.9. The van der Waals surface area contributed by atoms with Gasteiger partial charge in [-0.05, 0) is 32.0 Å². The second-order valence-corrected chi connectivity index (χ2v) is 8.30. The van der Waals surface area contributed by atoms with Crippen LogP contribution >= 0.6 is 0 Å². The minimum absolute atomic E-state index is 0.0245. The summed E-state index contributed by atoms with van der Waals surface area (Å²) in [4.78, 5) is 29.7. The highest BCUT2D eigenvalue weighted by molar-refractivity contribution is 7.89. The van der Waals surface area contributed by atoms with Crippen molar-refractivity contribution in [1.82, 2.24) is 19.6 Å². The van der Waals surface area contributed by atoms with Crippen LogP contribution in [-0.2, 0) is 14.8 Å². The quantitative estimate of drug-likeness (QED) is 0.605. The fraction of sp³-hybridized carbons (Fsp3) is 0.500. The van der Waals surface area contributed by atoms with Gasteiger partial charge in [-0.25, -0.2) is 13.1 Å². The molecule has 2 heterocycles. The van der Waals surface area contributed by atoms with Crippen LogP contribution in [0.15, 0.2) is 32.7 Å². The molecule has 1 fully saturated rings. The molecule has 0 radical (unpaired) electrons. The molecule has 0 amide bonds. The lowest BCUT2D eigenvalue weighted by atomic mass is 10.2. The van der Waals surface area contributed by atoms with E-state index in [0.29, 0.717) is 12.1 Å². The Hall–Kier alpha value is -2.01. The van der Waals surface area contributed by atoms with E-state index in [1.165, 1.54) is 18.2 Å². The van der Waals surface area contributed by atoms with Crippen LogP contribution in [-0.4, -0.2) is 61.7 Å². The van der Waals surface area contributed by atoms with Crippen molar-refractivity contribution >= 4 is 21.1 Å². The molecule has 1 aliphatic heterocycles. The van der Waals surface area contributed by atoms with Crippen molar-refractivity contribution in [3.05, 3.63) is 38.9 Å². The lowest BCUT2D eigenvalue weighted by Crippen LogP contribution is -2.47. The lowest BCUT2D eigenvalue weighted by Gasteiger charge is -2.35. The van der Waals surface area contributed by atoms with Crippen molar-refractivity contribution in [2.45, 2.75) is 31.0 Å². The van der Waals surface area contributed by atoms with E-state index in [-0.39, 0.29) is 29.2 Å². The van der Waals surface area contributed by atoms with Gasteiger partial charge in [0, 0.05) is 26.2 Å². The van der Waals surface area contributed by atoms with Crippen LogP contribution in [0.5, 0.6) is 0 Å². The summed E-state index contributed by atoms with van der Waals surface area (Å²) in [6.45, 7) is 6.35. The number of hydrogen-bond donors (Lipinski definition) is 3. The van der Waals surface area contributed by atoms with Gasteiger partial charge in [-0.1, -0.05) is 0 Å². The van der Waals surface area contributed by atoms with E-state index >= 15 is 0 Å². The molecule has 1 aromatic carbocycles. The van der Waals surface area contributed by atoms with E-state index in [4.69, 9.17) is 4.74 Å². The smallest absolute Gasteiger partial charge is 0.314 e. The second kappa shape index (κ2) is 7.31. The van der Waals surface area contributed by atoms with Gasteiger partial charge in [0.05, 0.1) is 28.1 Å². The van der Waals surface area contributed by atoms with Crippen molar-refractivity contribution in [3.63, 3.8) is 0 Å². The number of H-pyrrole nitrogens is 2. The summed E-state index contributed by atoms with van der Waals surface area (Å²) < 4.78 is 33.2. The minimum atomic E-state index is -3.72. The Labute approximate surface area is 150 Å². The Morgan fingerprint density at radius 2 is 1.73 bits per heavy atom. The van der Waals surface area contributed by atoms with Crippen molar-refractivity contribution in [2.75, 3.05) is 26.2 Å². The number of aromatic nitrogens is 2. The van der Waals surface area contributed by atoms with Gasteiger partial charge in [-0.2, -0.15) is 0 Å². The van der Waals surface area contributed by atoms with E-state index in [1.54, 1.807) is 0 Å². The fourth-order valence-corrected chi connectivity index (χ4v) is 4.20. The van der Waals surface area contributed by atoms with Crippen molar-refractivity contribution in [2.24, 2.45) is 0 Å². The number of aromatic amines is 2. The molecule has 1 saturated heterocycles. The van der Waals surface area contributed by atoms with Crippen LogP contribution in [0.1, 0.15) is 13.8 Å². The third kappa shape index (κ3) is 4.21. The van der Waals surface area contributed by atoms with Crippen LogP contribution in [0.4, 0.5) is 0 Å². The number of sulfonamides is 1. The van der Waals surface area contributed by atoms with E-state index in [2.05, 4.69) is 19.6 Å². The van der Waals surface area contributed by atoms with E-state index in [0.717, 1.165) is 13.1 Å². The maximum Gasteiger partial charge on any atom is 0.314 e. The molecule has 0 saturated carbocycles. The first-order chi connectivity index (χ1) is 12.2. The summed E-state index contributed by atoms with van der Waals surface area (Å²) in [6, 6.07) is 4.16. The van der Waals surface area contributed by atoms with Gasteiger partial charge in [0.15, 0.2) is 0 Å². The third-order valence-electron chi connectivity index (χ3n) is 4.22. The van der Waals surface area contributed by atoms with Gasteiger partial charge < -0.3 is 14.7 Å². The summed E-state index contributed by atoms with van der Waals surface area (Å²) in [6.07, 6.45) is 0.240. The highest BCUT2D eigenvalue weighted by atomic mass is 32.2. The molecule has 2 unspecified atom stereocenters. The van der Waals surface area contributed by atoms with E-state index in [9.17, 15) is 18.0 Å². The fourth-order valence-electron chi connectivity index (χ4n) is 3.15. The maximum absolute atomic E-state index is 12.5. The first-order valence-electron chi connectivity index (χ1n) is 8.38. The SMILES string of the molecule is CC1CN(CCNS(=O)(=O)c2ccc3[nH]c(=O)c(=O)[nH]c3c2)CC(C)O1. The van der Waals surface area contributed by atoms with E-state index in [1.807, 2.05) is 13.8 Å². The number of benzene rings is 1. The number of rotatable bonds is 5. The summed E-state index contributed by atoms with van der Waals surface area (Å²) in [5.74, 6) is 0. The first-order valence-corrected chi connectivity index (χ1v) is 9.87. The third-order valence-corrected chi connectivity index (χ3v) is 5.68. The van der Waals surface area contributed by atoms with Crippen molar-refractivity contribution in [3.8, 4) is 0 Å². The molecule has 142 valence electrons. The monoisotopic (exact) mass is 382 g/mol. The largest absolute Gasteiger partial charge is 0.373 e. The number of nitrogens with zero attached hydrogens (tertiary/aromatic N) is 1. The van der Waals surface area contributed by atoms with Crippen LogP contribution in [0.25, 0.3) is 11.0 Å². The summed E-state index contributed by atoms with van der Waals surface area (Å²) >= 11 is 0. The van der Waals surface area contributed by atoms with Gasteiger partial charge in [0.2, 0.25) is 10.0 Å². The number of fused-ring (bicyclic) bond motifs is 1. The molecule has 10 heteroatoms. The molecule has 2 atom stereocenters. The molecule has 0 aliphatic carbocycles. The van der Waals surface area contributed by atoms with Gasteiger partial charge in [0.25, 0.3) is 0 Å². The van der Waals surface area contributed by atoms with Crippen molar-refractivity contribution in [1.29, 1.82) is 0 Å². The molecule has 3 rings (SSSR count). The predicted molar refractivity (Wildman–Crippen MR) is 96.8 cm³/mol. The number of nitrogens with one attached hydrogen (secondary N) is 3. The number of hydrogen-bond acceptors (Lipinski definition) is 6. The predicted octanol–water partition coefficient (Wildman–Crippen LogP) is -0.396. The first kappa shape index (κ1) is 18.8. The van der Waals surface area contributed by atoms with Crippen LogP contribution in [0, 0.1) is 0 Å². The highest BCUT2D eigenvalue weighted by Gasteiger charge is 2.22. The average molecular weight is 382 g/mol. The molecule has 9 nitrogen and oxygen atoms in total. The summed E-state index contributed by atoms with van der Waals surface area (Å²) in [5, 5.41) is 0. The summed E-state index contributed by atoms with van der Waals surface area (Å²) in [7, 11) is -3.72. The Kier molecular flexibility index (Phi) is 5.28. The van der Waals surface area contributed by atoms with Gasteiger partial charge in [0.1, 0.15) is 0 Å². The zero-order valence-corrected chi connectivity index (χ0v) is 15.4. The number of ether oxygens (including phenoxy) is 1. The molecule has 3 N–H and O–H groups in total. The minimum Gasteiger partial charge on any atom is -0.373 e. The Morgan fingerprint density at radius 3 is 2.38 bits per heavy atom. The normalized spacial score (nSPS) is 21.9. The second-order valence-electron chi connectivity index (χ2n) is 6.53. The molecule has 0 bridgehead atoms. The van der Waals surface area contributed by atoms with Crippen LogP contribution in [0.3, 0.4) is 0 Å². The number of morpholine rings is 1. The van der Waals surface area contributed by atoms with Gasteiger partial charge >= 0.3 is 11.1 Å². The molecule has 1 aromatic heterocycles. The Morgan fingerprint density at radius 1 is 1.12 bits per heavy atom. The highest BCUT2D eigenvalue weighted by Crippen LogP contribution is 2.14. The van der Waals surface area contributed by atoms with Gasteiger partial charge in [-0.3, -0.25) is 14.5 Å². The molecular formula is C16H22N4O5S. The Bertz CT molecular complexity index is 1000. The average Bonchev–Trinajstić information content (AvgIpc) is 2.54. The standard InChI is InChI=1S/C16H22N4O5S/c1-10-8-20(9-11(2)25-10)6-5-17-26(23,24)12-3-4-13-14(7-12)19-16(22)15(21)18-13/h3-4,7,10-11,17H,5-6,8-9H2,1-2H3,(H,18,21)(H,19,22). The van der Waals surface area contributed by atoms with Gasteiger partial charge in [-0.15, -0.1) is 0 Å². The summed E-state index contributed by atoms with van der Waals surface area (Å²) in [5.41, 5.74) is -0.978. The zero-order valence-electron chi connectivity index (χ0n) is 14.6. The Balaban J connectivity index is 1.70. The molecule has 1 aliphatic rings. The molecule has 2 aromatic rings. The van der Waals surface area contributed by atoms with Crippen molar-refractivity contribution < 1.29 is 13.2 Å². The molecule has 26 heavy (non-hydrogen) atoms. The van der Waals surface area contributed by atoms with Crippen LogP contribution in [0.2, 0.25) is 0 Å².